The maximum Gasteiger partial charge on any atom is 0.338 e. The monoisotopic (exact) mass is 270 g/mol. The second kappa shape index (κ2) is 4.88. The highest BCUT2D eigenvalue weighted by atomic mass is 35.5. The highest BCUT2D eigenvalue weighted by molar-refractivity contribution is 6.30. The fraction of sp³-hybridized carbons (Fsp3) is 0.462. The maximum absolute atomic E-state index is 11.7. The van der Waals surface area contributed by atoms with Crippen molar-refractivity contribution in [1.29, 1.82) is 0 Å². The van der Waals surface area contributed by atoms with E-state index in [9.17, 15) is 4.79 Å². The summed E-state index contributed by atoms with van der Waals surface area (Å²) in [5.41, 5.74) is 0.834. The Morgan fingerprint density at radius 2 is 1.89 bits per heavy atom. The van der Waals surface area contributed by atoms with Gasteiger partial charge in [-0.15, -0.1) is 0 Å². The van der Waals surface area contributed by atoms with Crippen molar-refractivity contribution in [3.8, 4) is 0 Å². The van der Waals surface area contributed by atoms with E-state index in [0.717, 1.165) is 5.56 Å². The van der Waals surface area contributed by atoms with E-state index in [2.05, 4.69) is 0 Å². The molecule has 1 aliphatic heterocycles. The van der Waals surface area contributed by atoms with Crippen LogP contribution in [0.15, 0.2) is 24.3 Å². The number of methoxy groups -OCH3 is 1. The highest BCUT2D eigenvalue weighted by Gasteiger charge is 2.46. The van der Waals surface area contributed by atoms with Crippen molar-refractivity contribution in [3.63, 3.8) is 0 Å². The van der Waals surface area contributed by atoms with Crippen LogP contribution in [0.4, 0.5) is 0 Å². The third kappa shape index (κ3) is 2.66. The van der Waals surface area contributed by atoms with Crippen LogP contribution in [0.3, 0.4) is 0 Å². The molecule has 18 heavy (non-hydrogen) atoms. The number of carbonyl (C=O) groups is 1. The molecule has 1 aromatic rings. The minimum Gasteiger partial charge on any atom is -0.467 e. The number of esters is 1. The molecule has 0 saturated carbocycles. The molecular weight excluding hydrogens is 256 g/mol. The third-order valence-electron chi connectivity index (χ3n) is 2.73. The van der Waals surface area contributed by atoms with Crippen LogP contribution in [0, 0.1) is 0 Å². The van der Waals surface area contributed by atoms with Crippen molar-refractivity contribution in [2.24, 2.45) is 0 Å². The predicted molar refractivity (Wildman–Crippen MR) is 66.2 cm³/mol. The number of ether oxygens (including phenoxy) is 3. The average Bonchev–Trinajstić information content (AvgIpc) is 2.65. The molecule has 1 heterocycles. The molecule has 0 amide bonds. The van der Waals surface area contributed by atoms with Gasteiger partial charge in [-0.05, 0) is 31.5 Å². The van der Waals surface area contributed by atoms with Gasteiger partial charge in [0.2, 0.25) is 0 Å². The topological polar surface area (TPSA) is 44.8 Å². The Morgan fingerprint density at radius 3 is 2.44 bits per heavy atom. The number of carbonyl (C=O) groups excluding carboxylic acids is 1. The normalized spacial score (nSPS) is 26.0. The molecule has 2 rings (SSSR count). The zero-order valence-corrected chi connectivity index (χ0v) is 11.2. The number of hydrogen-bond donors (Lipinski definition) is 0. The first-order valence-electron chi connectivity index (χ1n) is 5.62. The summed E-state index contributed by atoms with van der Waals surface area (Å²) < 4.78 is 16.0. The van der Waals surface area contributed by atoms with Gasteiger partial charge in [0.1, 0.15) is 6.10 Å². The van der Waals surface area contributed by atoms with Crippen LogP contribution < -0.4 is 0 Å². The molecule has 98 valence electrons. The second-order valence-electron chi connectivity index (χ2n) is 4.55. The van der Waals surface area contributed by atoms with Crippen molar-refractivity contribution in [2.75, 3.05) is 7.11 Å². The summed E-state index contributed by atoms with van der Waals surface area (Å²) in [6, 6.07) is 7.13. The first-order chi connectivity index (χ1) is 8.43. The summed E-state index contributed by atoms with van der Waals surface area (Å²) in [7, 11) is 1.33. The van der Waals surface area contributed by atoms with Gasteiger partial charge in [-0.1, -0.05) is 23.7 Å². The van der Waals surface area contributed by atoms with E-state index in [1.807, 2.05) is 12.1 Å². The fourth-order valence-corrected chi connectivity index (χ4v) is 2.07. The van der Waals surface area contributed by atoms with Gasteiger partial charge in [-0.25, -0.2) is 4.79 Å². The van der Waals surface area contributed by atoms with Gasteiger partial charge in [0.15, 0.2) is 11.9 Å². The van der Waals surface area contributed by atoms with Gasteiger partial charge in [-0.3, -0.25) is 0 Å². The van der Waals surface area contributed by atoms with Gasteiger partial charge in [0, 0.05) is 5.02 Å². The van der Waals surface area contributed by atoms with Crippen molar-refractivity contribution >= 4 is 17.6 Å². The molecule has 2 atom stereocenters. The lowest BCUT2D eigenvalue weighted by Crippen LogP contribution is -2.28. The molecule has 0 spiro atoms. The Balaban J connectivity index is 2.29. The predicted octanol–water partition coefficient (Wildman–Crippen LogP) is 2.71. The first kappa shape index (κ1) is 13.3. The quantitative estimate of drug-likeness (QED) is 0.775. The zero-order valence-electron chi connectivity index (χ0n) is 10.5. The van der Waals surface area contributed by atoms with E-state index < -0.39 is 24.0 Å². The van der Waals surface area contributed by atoms with E-state index in [1.54, 1.807) is 26.0 Å². The maximum atomic E-state index is 11.7. The van der Waals surface area contributed by atoms with Gasteiger partial charge in [0.05, 0.1) is 7.11 Å². The lowest BCUT2D eigenvalue weighted by molar-refractivity contribution is -0.168. The largest absolute Gasteiger partial charge is 0.467 e. The molecule has 5 heteroatoms. The Morgan fingerprint density at radius 1 is 1.28 bits per heavy atom. The molecule has 1 unspecified atom stereocenters. The van der Waals surface area contributed by atoms with E-state index in [-0.39, 0.29) is 0 Å². The average molecular weight is 271 g/mol. The number of rotatable bonds is 2. The molecular formula is C13H15ClO4. The van der Waals surface area contributed by atoms with Crippen LogP contribution in [-0.2, 0) is 19.0 Å². The third-order valence-corrected chi connectivity index (χ3v) is 2.98. The van der Waals surface area contributed by atoms with E-state index in [0.29, 0.717) is 5.02 Å². The Bertz CT molecular complexity index is 441. The molecule has 0 bridgehead atoms. The summed E-state index contributed by atoms with van der Waals surface area (Å²) in [5.74, 6) is -1.26. The lowest BCUT2D eigenvalue weighted by Gasteiger charge is -2.16. The minimum atomic E-state index is -0.816. The Labute approximate surface area is 111 Å². The zero-order chi connectivity index (χ0) is 13.3. The summed E-state index contributed by atoms with van der Waals surface area (Å²) in [4.78, 5) is 11.7. The van der Waals surface area contributed by atoms with Gasteiger partial charge in [0.25, 0.3) is 0 Å². The molecule has 0 aliphatic carbocycles. The molecule has 1 aromatic carbocycles. The van der Waals surface area contributed by atoms with Gasteiger partial charge < -0.3 is 14.2 Å². The second-order valence-corrected chi connectivity index (χ2v) is 4.99. The van der Waals surface area contributed by atoms with Crippen LogP contribution in [0.25, 0.3) is 0 Å². The number of benzene rings is 1. The molecule has 0 N–H and O–H groups in total. The summed E-state index contributed by atoms with van der Waals surface area (Å²) in [5, 5.41) is 0.631. The van der Waals surface area contributed by atoms with Crippen LogP contribution in [0.5, 0.6) is 0 Å². The summed E-state index contributed by atoms with van der Waals surface area (Å²) >= 11 is 5.84. The number of hydrogen-bond acceptors (Lipinski definition) is 4. The highest BCUT2D eigenvalue weighted by Crippen LogP contribution is 2.38. The van der Waals surface area contributed by atoms with Gasteiger partial charge in [-0.2, -0.15) is 0 Å². The van der Waals surface area contributed by atoms with E-state index in [4.69, 9.17) is 25.8 Å². The van der Waals surface area contributed by atoms with Crippen LogP contribution in [0.2, 0.25) is 5.02 Å². The van der Waals surface area contributed by atoms with Crippen molar-refractivity contribution in [3.05, 3.63) is 34.9 Å². The van der Waals surface area contributed by atoms with E-state index in [1.165, 1.54) is 7.11 Å². The standard InChI is InChI=1S/C13H15ClO4/c1-13(2)17-10(11(18-13)12(15)16-3)8-4-6-9(14)7-5-8/h4-7,10-11H,1-3H3/t10?,11-/m0/s1. The molecule has 1 aliphatic rings. The molecule has 0 aromatic heterocycles. The number of halogens is 1. The van der Waals surface area contributed by atoms with Crippen molar-refractivity contribution in [1.82, 2.24) is 0 Å². The Hall–Kier alpha value is -1.10. The first-order valence-corrected chi connectivity index (χ1v) is 6.00. The smallest absolute Gasteiger partial charge is 0.338 e. The SMILES string of the molecule is COC(=O)[C@H]1OC(C)(C)OC1c1ccc(Cl)cc1. The van der Waals surface area contributed by atoms with Crippen LogP contribution in [-0.4, -0.2) is 25.0 Å². The summed E-state index contributed by atoms with van der Waals surface area (Å²) in [6.07, 6.45) is -1.24. The van der Waals surface area contributed by atoms with Crippen molar-refractivity contribution in [2.45, 2.75) is 31.8 Å². The van der Waals surface area contributed by atoms with Gasteiger partial charge >= 0.3 is 5.97 Å². The van der Waals surface area contributed by atoms with Crippen molar-refractivity contribution < 1.29 is 19.0 Å². The fourth-order valence-electron chi connectivity index (χ4n) is 1.95. The molecule has 1 fully saturated rings. The lowest BCUT2D eigenvalue weighted by atomic mass is 10.0. The van der Waals surface area contributed by atoms with Crippen LogP contribution >= 0.6 is 11.6 Å². The molecule has 4 nitrogen and oxygen atoms in total. The Kier molecular flexibility index (Phi) is 3.61. The summed E-state index contributed by atoms with van der Waals surface area (Å²) in [6.45, 7) is 3.53. The van der Waals surface area contributed by atoms with Crippen LogP contribution in [0.1, 0.15) is 25.5 Å². The minimum absolute atomic E-state index is 0.444. The van der Waals surface area contributed by atoms with E-state index >= 15 is 0 Å². The molecule has 1 saturated heterocycles. The molecule has 0 radical (unpaired) electrons.